The first-order valence-corrected chi connectivity index (χ1v) is 7.29. The third-order valence-electron chi connectivity index (χ3n) is 2.60. The van der Waals surface area contributed by atoms with Crippen LogP contribution < -0.4 is 10.0 Å². The number of urea groups is 1. The number of rotatable bonds is 2. The number of nitrogens with one attached hydrogen (secondary N) is 2. The molecule has 0 unspecified atom stereocenters. The molecule has 8 heteroatoms. The molecule has 2 N–H and O–H groups in total. The van der Waals surface area contributed by atoms with Crippen LogP contribution in [0.15, 0.2) is 0 Å². The van der Waals surface area contributed by atoms with Crippen molar-refractivity contribution in [1.82, 2.24) is 10.0 Å². The molecule has 1 aliphatic rings. The Morgan fingerprint density at radius 2 is 1.80 bits per heavy atom. The van der Waals surface area contributed by atoms with Crippen molar-refractivity contribution >= 4 is 24.1 Å². The molecule has 0 radical (unpaired) electrons. The van der Waals surface area contributed by atoms with Crippen LogP contribution in [0.4, 0.5) is 18.4 Å². The Morgan fingerprint density at radius 1 is 1.25 bits per heavy atom. The topological polar surface area (TPSA) is 67.4 Å². The van der Waals surface area contributed by atoms with E-state index in [9.17, 15) is 18.4 Å². The first-order chi connectivity index (χ1) is 9.07. The quantitative estimate of drug-likeness (QED) is 0.767. The van der Waals surface area contributed by atoms with E-state index in [1.165, 1.54) is 0 Å². The van der Waals surface area contributed by atoms with Crippen molar-refractivity contribution in [2.24, 2.45) is 0 Å². The maximum Gasteiger partial charge on any atom is 0.415 e. The Balaban J connectivity index is 2.22. The van der Waals surface area contributed by atoms with E-state index in [0.29, 0.717) is 12.8 Å². The molecule has 0 heterocycles. The Bertz CT molecular complexity index is 362. The number of alkyl carbamates (subject to hydrolysis) is 1. The van der Waals surface area contributed by atoms with Crippen LogP contribution in [0.2, 0.25) is 0 Å². The number of carbonyl (C=O) groups is 2. The third kappa shape index (κ3) is 6.93. The number of hydrogen-bond acceptors (Lipinski definition) is 4. The van der Waals surface area contributed by atoms with E-state index in [2.05, 4.69) is 4.72 Å². The van der Waals surface area contributed by atoms with Gasteiger partial charge in [-0.1, -0.05) is 0 Å². The summed E-state index contributed by atoms with van der Waals surface area (Å²) in [6, 6.07) is -0.707. The Hall–Kier alpha value is -1.05. The zero-order chi connectivity index (χ0) is 15.4. The number of hydrogen-bond donors (Lipinski definition) is 2. The predicted octanol–water partition coefficient (Wildman–Crippen LogP) is 3.45. The highest BCUT2D eigenvalue weighted by Gasteiger charge is 2.35. The minimum atomic E-state index is -2.59. The maximum atomic E-state index is 12.9. The summed E-state index contributed by atoms with van der Waals surface area (Å²) in [7, 11) is 0. The maximum absolute atomic E-state index is 12.9. The van der Waals surface area contributed by atoms with Gasteiger partial charge in [-0.15, -0.1) is 0 Å². The van der Waals surface area contributed by atoms with Gasteiger partial charge in [0.25, 0.3) is 0 Å². The number of amides is 3. The average molecular weight is 310 g/mol. The van der Waals surface area contributed by atoms with Crippen molar-refractivity contribution in [3.63, 3.8) is 0 Å². The monoisotopic (exact) mass is 310 g/mol. The van der Waals surface area contributed by atoms with E-state index in [0.717, 1.165) is 11.9 Å². The van der Waals surface area contributed by atoms with Gasteiger partial charge in [-0.3, -0.25) is 4.72 Å². The van der Waals surface area contributed by atoms with Crippen molar-refractivity contribution in [1.29, 1.82) is 0 Å². The normalized spacial score (nSPS) is 19.2. The fourth-order valence-electron chi connectivity index (χ4n) is 1.69. The number of carbonyl (C=O) groups excluding carboxylic acids is 2. The standard InChI is InChI=1S/C12H20F2N2O3S/c1-11(2,3)19-10(18)15-9(17)16-20-8-4-6-12(13,14)7-5-8/h8H,4-7H2,1-3H3,(H2,15,16,17,18). The smallest absolute Gasteiger partial charge is 0.415 e. The second kappa shape index (κ2) is 6.60. The molecular weight excluding hydrogens is 290 g/mol. The van der Waals surface area contributed by atoms with Gasteiger partial charge in [0, 0.05) is 18.1 Å². The van der Waals surface area contributed by atoms with Crippen LogP contribution in [0.25, 0.3) is 0 Å². The minimum absolute atomic E-state index is 0.0565. The van der Waals surface area contributed by atoms with Crippen molar-refractivity contribution in [2.75, 3.05) is 0 Å². The summed E-state index contributed by atoms with van der Waals surface area (Å²) in [5, 5.41) is 1.96. The zero-order valence-electron chi connectivity index (χ0n) is 11.8. The molecule has 1 saturated carbocycles. The van der Waals surface area contributed by atoms with E-state index in [-0.39, 0.29) is 18.1 Å². The fourth-order valence-corrected chi connectivity index (χ4v) is 2.49. The molecular formula is C12H20F2N2O3S. The van der Waals surface area contributed by atoms with Gasteiger partial charge in [0.15, 0.2) is 0 Å². The lowest BCUT2D eigenvalue weighted by Gasteiger charge is -2.27. The van der Waals surface area contributed by atoms with Gasteiger partial charge in [-0.05, 0) is 45.6 Å². The highest BCUT2D eigenvalue weighted by molar-refractivity contribution is 7.98. The fraction of sp³-hybridized carbons (Fsp3) is 0.833. The summed E-state index contributed by atoms with van der Waals surface area (Å²) in [4.78, 5) is 22.7. The lowest BCUT2D eigenvalue weighted by molar-refractivity contribution is -0.0324. The van der Waals surface area contributed by atoms with Crippen molar-refractivity contribution in [2.45, 2.75) is 63.2 Å². The van der Waals surface area contributed by atoms with E-state index < -0.39 is 23.6 Å². The van der Waals surface area contributed by atoms with E-state index in [1.807, 2.05) is 5.32 Å². The van der Waals surface area contributed by atoms with Crippen LogP contribution in [-0.4, -0.2) is 28.9 Å². The number of imide groups is 1. The average Bonchev–Trinajstić information content (AvgIpc) is 2.24. The van der Waals surface area contributed by atoms with Crippen LogP contribution in [0.5, 0.6) is 0 Å². The van der Waals surface area contributed by atoms with Crippen LogP contribution >= 0.6 is 11.9 Å². The van der Waals surface area contributed by atoms with Crippen LogP contribution in [0.3, 0.4) is 0 Å². The SMILES string of the molecule is CC(C)(C)OC(=O)NC(=O)NSC1CCC(F)(F)CC1. The van der Waals surface area contributed by atoms with Gasteiger partial charge < -0.3 is 4.74 Å². The molecule has 3 amide bonds. The molecule has 0 aromatic heterocycles. The van der Waals surface area contributed by atoms with Crippen LogP contribution in [0.1, 0.15) is 46.5 Å². The first kappa shape index (κ1) is 17.0. The Kier molecular flexibility index (Phi) is 5.61. The molecule has 0 spiro atoms. The van der Waals surface area contributed by atoms with Gasteiger partial charge in [0.1, 0.15) is 5.60 Å². The summed E-state index contributed by atoms with van der Waals surface area (Å²) in [5.41, 5.74) is -0.688. The predicted molar refractivity (Wildman–Crippen MR) is 72.7 cm³/mol. The lowest BCUT2D eigenvalue weighted by atomic mass is 9.96. The van der Waals surface area contributed by atoms with Gasteiger partial charge in [-0.25, -0.2) is 23.7 Å². The second-order valence-corrected chi connectivity index (χ2v) is 6.84. The van der Waals surface area contributed by atoms with E-state index >= 15 is 0 Å². The lowest BCUT2D eigenvalue weighted by Crippen LogP contribution is -2.41. The van der Waals surface area contributed by atoms with E-state index in [4.69, 9.17) is 4.74 Å². The molecule has 0 aliphatic heterocycles. The van der Waals surface area contributed by atoms with Crippen molar-refractivity contribution in [3.8, 4) is 0 Å². The number of halogens is 2. The summed E-state index contributed by atoms with van der Waals surface area (Å²) >= 11 is 1.06. The Morgan fingerprint density at radius 3 is 2.30 bits per heavy atom. The van der Waals surface area contributed by atoms with Gasteiger partial charge in [-0.2, -0.15) is 0 Å². The molecule has 1 fully saturated rings. The van der Waals surface area contributed by atoms with E-state index in [1.54, 1.807) is 20.8 Å². The molecule has 20 heavy (non-hydrogen) atoms. The molecule has 1 rings (SSSR count). The number of alkyl halides is 2. The second-order valence-electron chi connectivity index (χ2n) is 5.73. The Labute approximate surface area is 121 Å². The molecule has 116 valence electrons. The molecule has 0 saturated heterocycles. The van der Waals surface area contributed by atoms with Crippen LogP contribution in [-0.2, 0) is 4.74 Å². The summed E-state index contributed by atoms with van der Waals surface area (Å²) in [6.07, 6.45) is -0.500. The van der Waals surface area contributed by atoms with Gasteiger partial charge in [0.05, 0.1) is 0 Å². The van der Waals surface area contributed by atoms with Crippen LogP contribution in [0, 0.1) is 0 Å². The molecule has 0 aromatic carbocycles. The zero-order valence-corrected chi connectivity index (χ0v) is 12.6. The largest absolute Gasteiger partial charge is 0.443 e. The number of ether oxygens (including phenoxy) is 1. The van der Waals surface area contributed by atoms with Gasteiger partial charge >= 0.3 is 12.1 Å². The molecule has 0 bridgehead atoms. The summed E-state index contributed by atoms with van der Waals surface area (Å²) < 4.78 is 33.2. The minimum Gasteiger partial charge on any atom is -0.443 e. The molecule has 5 nitrogen and oxygen atoms in total. The first-order valence-electron chi connectivity index (χ1n) is 6.41. The van der Waals surface area contributed by atoms with Gasteiger partial charge in [0.2, 0.25) is 5.92 Å². The summed E-state index contributed by atoms with van der Waals surface area (Å²) in [5.74, 6) is -2.59. The highest BCUT2D eigenvalue weighted by Crippen LogP contribution is 2.36. The highest BCUT2D eigenvalue weighted by atomic mass is 32.2. The summed E-state index contributed by atoms with van der Waals surface area (Å²) in [6.45, 7) is 5.05. The van der Waals surface area contributed by atoms with Crippen molar-refractivity contribution < 1.29 is 23.1 Å². The molecule has 0 atom stereocenters. The third-order valence-corrected chi connectivity index (χ3v) is 3.70. The molecule has 0 aromatic rings. The molecule has 1 aliphatic carbocycles. The van der Waals surface area contributed by atoms with Crippen molar-refractivity contribution in [3.05, 3.63) is 0 Å².